The topological polar surface area (TPSA) is 61.8 Å². The van der Waals surface area contributed by atoms with Gasteiger partial charge in [0.1, 0.15) is 21.3 Å². The fourth-order valence-electron chi connectivity index (χ4n) is 4.52. The SMILES string of the molecule is CCOC(=O)c1sc2nc(C)nc(N3CCC(N4CCN(CC)CC4)C3)c2c1C. The standard InChI is InChI=1S/C21H31N5O2S/c1-5-24-9-11-25(12-10-24)16-7-8-26(13-16)19-17-14(3)18(21(27)28-6-2)29-20(17)23-15(4)22-19/h16H,5-13H2,1-4H3. The Kier molecular flexibility index (Phi) is 6.03. The second kappa shape index (κ2) is 8.53. The van der Waals surface area contributed by atoms with Crippen LogP contribution in [-0.2, 0) is 4.74 Å². The normalized spacial score (nSPS) is 21.2. The second-order valence-corrected chi connectivity index (χ2v) is 8.91. The Morgan fingerprint density at radius 3 is 2.59 bits per heavy atom. The molecule has 0 amide bonds. The largest absolute Gasteiger partial charge is 0.462 e. The molecule has 0 saturated carbocycles. The van der Waals surface area contributed by atoms with E-state index in [1.54, 1.807) is 0 Å². The summed E-state index contributed by atoms with van der Waals surface area (Å²) in [6.45, 7) is 16.1. The molecule has 29 heavy (non-hydrogen) atoms. The molecule has 2 aliphatic rings. The zero-order chi connectivity index (χ0) is 20.5. The van der Waals surface area contributed by atoms with Crippen LogP contribution >= 0.6 is 11.3 Å². The Hall–Kier alpha value is -1.77. The lowest BCUT2D eigenvalue weighted by Crippen LogP contribution is -2.50. The van der Waals surface area contributed by atoms with E-state index in [4.69, 9.17) is 9.72 Å². The van der Waals surface area contributed by atoms with E-state index in [1.165, 1.54) is 11.3 Å². The number of rotatable bonds is 5. The van der Waals surface area contributed by atoms with Crippen LogP contribution in [0.15, 0.2) is 0 Å². The molecule has 2 aromatic heterocycles. The third-order valence-electron chi connectivity index (χ3n) is 6.18. The number of esters is 1. The van der Waals surface area contributed by atoms with Gasteiger partial charge in [0.15, 0.2) is 0 Å². The van der Waals surface area contributed by atoms with Crippen LogP contribution in [0.2, 0.25) is 0 Å². The lowest BCUT2D eigenvalue weighted by Gasteiger charge is -2.37. The molecule has 0 bridgehead atoms. The van der Waals surface area contributed by atoms with Crippen LogP contribution in [0.25, 0.3) is 10.2 Å². The molecular weight excluding hydrogens is 386 g/mol. The first-order valence-electron chi connectivity index (χ1n) is 10.7. The molecule has 1 unspecified atom stereocenters. The number of carbonyl (C=O) groups excluding carboxylic acids is 1. The number of hydrogen-bond acceptors (Lipinski definition) is 8. The van der Waals surface area contributed by atoms with E-state index in [2.05, 4.69) is 26.6 Å². The fourth-order valence-corrected chi connectivity index (χ4v) is 5.63. The zero-order valence-electron chi connectivity index (χ0n) is 17.9. The molecule has 0 spiro atoms. The smallest absolute Gasteiger partial charge is 0.348 e. The van der Waals surface area contributed by atoms with Gasteiger partial charge in [-0.05, 0) is 39.3 Å². The van der Waals surface area contributed by atoms with Crippen LogP contribution in [0.4, 0.5) is 5.82 Å². The van der Waals surface area contributed by atoms with E-state index in [1.807, 2.05) is 20.8 Å². The lowest BCUT2D eigenvalue weighted by molar-refractivity contribution is 0.0531. The molecule has 158 valence electrons. The van der Waals surface area contributed by atoms with Crippen molar-refractivity contribution >= 4 is 33.3 Å². The van der Waals surface area contributed by atoms with Gasteiger partial charge in [-0.25, -0.2) is 14.8 Å². The fraction of sp³-hybridized carbons (Fsp3) is 0.667. The van der Waals surface area contributed by atoms with Crippen molar-refractivity contribution in [3.8, 4) is 0 Å². The first kappa shape index (κ1) is 20.5. The Labute approximate surface area is 176 Å². The Bertz CT molecular complexity index is 891. The van der Waals surface area contributed by atoms with Gasteiger partial charge in [0.25, 0.3) is 0 Å². The molecule has 0 N–H and O–H groups in total. The number of anilines is 1. The van der Waals surface area contributed by atoms with Gasteiger partial charge in [-0.1, -0.05) is 6.92 Å². The third-order valence-corrected chi connectivity index (χ3v) is 7.34. The van der Waals surface area contributed by atoms with Crippen molar-refractivity contribution in [2.75, 3.05) is 57.3 Å². The van der Waals surface area contributed by atoms with Crippen LogP contribution in [0.3, 0.4) is 0 Å². The number of aromatic nitrogens is 2. The van der Waals surface area contributed by atoms with E-state index in [-0.39, 0.29) is 5.97 Å². The Morgan fingerprint density at radius 1 is 1.14 bits per heavy atom. The molecule has 0 radical (unpaired) electrons. The maximum atomic E-state index is 12.4. The summed E-state index contributed by atoms with van der Waals surface area (Å²) >= 11 is 1.42. The van der Waals surface area contributed by atoms with Crippen molar-refractivity contribution in [1.29, 1.82) is 0 Å². The van der Waals surface area contributed by atoms with Crippen molar-refractivity contribution in [1.82, 2.24) is 19.8 Å². The van der Waals surface area contributed by atoms with Crippen LogP contribution in [-0.4, -0.2) is 84.2 Å². The van der Waals surface area contributed by atoms with Crippen molar-refractivity contribution < 1.29 is 9.53 Å². The molecule has 4 heterocycles. The monoisotopic (exact) mass is 417 g/mol. The first-order chi connectivity index (χ1) is 14.0. The molecule has 2 aliphatic heterocycles. The molecule has 1 atom stereocenters. The second-order valence-electron chi connectivity index (χ2n) is 7.91. The van der Waals surface area contributed by atoms with E-state index in [0.29, 0.717) is 17.5 Å². The minimum Gasteiger partial charge on any atom is -0.462 e. The van der Waals surface area contributed by atoms with Crippen LogP contribution < -0.4 is 4.90 Å². The Balaban J connectivity index is 1.58. The van der Waals surface area contributed by atoms with E-state index in [9.17, 15) is 4.79 Å². The number of fused-ring (bicyclic) bond motifs is 1. The number of likely N-dealkylation sites (N-methyl/N-ethyl adjacent to an activating group) is 1. The summed E-state index contributed by atoms with van der Waals surface area (Å²) in [7, 11) is 0. The average molecular weight is 418 g/mol. The number of hydrogen-bond donors (Lipinski definition) is 0. The number of carbonyl (C=O) groups is 1. The van der Waals surface area contributed by atoms with Gasteiger partial charge in [0.05, 0.1) is 12.0 Å². The summed E-state index contributed by atoms with van der Waals surface area (Å²) < 4.78 is 5.25. The van der Waals surface area contributed by atoms with Crippen LogP contribution in [0.1, 0.15) is 41.3 Å². The van der Waals surface area contributed by atoms with Gasteiger partial charge in [0, 0.05) is 45.3 Å². The summed E-state index contributed by atoms with van der Waals surface area (Å²) in [5.74, 6) is 1.47. The maximum absolute atomic E-state index is 12.4. The van der Waals surface area contributed by atoms with Crippen molar-refractivity contribution in [3.05, 3.63) is 16.3 Å². The van der Waals surface area contributed by atoms with Gasteiger partial charge >= 0.3 is 5.97 Å². The van der Waals surface area contributed by atoms with Gasteiger partial charge in [-0.15, -0.1) is 11.3 Å². The highest BCUT2D eigenvalue weighted by Gasteiger charge is 2.32. The van der Waals surface area contributed by atoms with Crippen molar-refractivity contribution in [2.45, 2.75) is 40.2 Å². The predicted molar refractivity (Wildman–Crippen MR) is 117 cm³/mol. The average Bonchev–Trinajstić information content (AvgIpc) is 3.33. The summed E-state index contributed by atoms with van der Waals surface area (Å²) in [5, 5.41) is 1.01. The zero-order valence-corrected chi connectivity index (χ0v) is 18.7. The highest BCUT2D eigenvalue weighted by Crippen LogP contribution is 2.37. The summed E-state index contributed by atoms with van der Waals surface area (Å²) in [6.07, 6.45) is 1.16. The minimum absolute atomic E-state index is 0.260. The van der Waals surface area contributed by atoms with E-state index < -0.39 is 0 Å². The molecule has 0 aliphatic carbocycles. The first-order valence-corrected chi connectivity index (χ1v) is 11.5. The highest BCUT2D eigenvalue weighted by atomic mass is 32.1. The number of ether oxygens (including phenoxy) is 1. The summed E-state index contributed by atoms with van der Waals surface area (Å²) in [5.41, 5.74) is 0.943. The van der Waals surface area contributed by atoms with Gasteiger partial charge in [-0.2, -0.15) is 0 Å². The predicted octanol–water partition coefficient (Wildman–Crippen LogP) is 2.70. The van der Waals surface area contributed by atoms with Gasteiger partial charge < -0.3 is 14.5 Å². The van der Waals surface area contributed by atoms with Crippen LogP contribution in [0, 0.1) is 13.8 Å². The quantitative estimate of drug-likeness (QED) is 0.693. The molecule has 7 nitrogen and oxygen atoms in total. The van der Waals surface area contributed by atoms with E-state index in [0.717, 1.165) is 79.7 Å². The molecule has 4 rings (SSSR count). The summed E-state index contributed by atoms with van der Waals surface area (Å²) in [6, 6.07) is 0.572. The summed E-state index contributed by atoms with van der Waals surface area (Å²) in [4.78, 5) is 30.9. The van der Waals surface area contributed by atoms with Crippen molar-refractivity contribution in [3.63, 3.8) is 0 Å². The molecule has 0 aromatic carbocycles. The van der Waals surface area contributed by atoms with Gasteiger partial charge in [0.2, 0.25) is 0 Å². The molecular formula is C21H31N5O2S. The molecule has 2 aromatic rings. The van der Waals surface area contributed by atoms with Gasteiger partial charge in [-0.3, -0.25) is 4.90 Å². The Morgan fingerprint density at radius 2 is 1.90 bits per heavy atom. The maximum Gasteiger partial charge on any atom is 0.348 e. The van der Waals surface area contributed by atoms with E-state index >= 15 is 0 Å². The molecule has 2 fully saturated rings. The molecule has 2 saturated heterocycles. The number of aryl methyl sites for hydroxylation is 2. The lowest BCUT2D eigenvalue weighted by atomic mass is 10.2. The number of thiophene rings is 1. The third kappa shape index (κ3) is 3.98. The van der Waals surface area contributed by atoms with Crippen LogP contribution in [0.5, 0.6) is 0 Å². The molecule has 8 heteroatoms. The number of piperazine rings is 1. The number of nitrogens with zero attached hydrogens (tertiary/aromatic N) is 5. The van der Waals surface area contributed by atoms with Crippen molar-refractivity contribution in [2.24, 2.45) is 0 Å². The highest BCUT2D eigenvalue weighted by molar-refractivity contribution is 7.20. The minimum atomic E-state index is -0.260.